The topological polar surface area (TPSA) is 49.4 Å². The van der Waals surface area contributed by atoms with E-state index in [1.54, 1.807) is 24.3 Å². The summed E-state index contributed by atoms with van der Waals surface area (Å²) in [6, 6.07) is 8.88. The van der Waals surface area contributed by atoms with E-state index < -0.39 is 11.9 Å². The number of nitrogens with one attached hydrogen (secondary N) is 1. The molecule has 4 nitrogen and oxygen atoms in total. The third kappa shape index (κ3) is 3.20. The maximum Gasteiger partial charge on any atom is 0.256 e. The molecule has 0 aliphatic carbocycles. The monoisotopic (exact) mass is 402 g/mol. The lowest BCUT2D eigenvalue weighted by atomic mass is 10.2. The molecule has 1 aliphatic heterocycles. The van der Waals surface area contributed by atoms with Gasteiger partial charge in [0.05, 0.1) is 37.9 Å². The molecule has 1 aliphatic rings. The van der Waals surface area contributed by atoms with Crippen LogP contribution in [0.15, 0.2) is 36.4 Å². The van der Waals surface area contributed by atoms with Crippen LogP contribution in [0.25, 0.3) is 0 Å². The van der Waals surface area contributed by atoms with E-state index in [0.717, 1.165) is 4.90 Å². The van der Waals surface area contributed by atoms with E-state index in [4.69, 9.17) is 46.4 Å². The molecule has 1 N–H and O–H groups in total. The molecule has 1 atom stereocenters. The van der Waals surface area contributed by atoms with E-state index in [1.165, 1.54) is 12.1 Å². The highest BCUT2D eigenvalue weighted by Gasteiger charge is 2.40. The predicted molar refractivity (Wildman–Crippen MR) is 97.4 cm³/mol. The molecule has 3 rings (SSSR count). The SMILES string of the molecule is O=C1CC(Nc2cccc(Cl)c2Cl)C(=O)N1c1ccc(Cl)c(Cl)c1. The van der Waals surface area contributed by atoms with Gasteiger partial charge in [-0.25, -0.2) is 4.90 Å². The van der Waals surface area contributed by atoms with Crippen molar-refractivity contribution >= 4 is 69.6 Å². The van der Waals surface area contributed by atoms with Crippen LogP contribution in [0.4, 0.5) is 11.4 Å². The van der Waals surface area contributed by atoms with Crippen molar-refractivity contribution in [2.24, 2.45) is 0 Å². The number of nitrogens with zero attached hydrogens (tertiary/aromatic N) is 1. The maximum absolute atomic E-state index is 12.6. The molecular formula is C16H10Cl4N2O2. The summed E-state index contributed by atoms with van der Waals surface area (Å²) < 4.78 is 0. The Labute approximate surface area is 158 Å². The van der Waals surface area contributed by atoms with Crippen molar-refractivity contribution in [3.05, 3.63) is 56.5 Å². The predicted octanol–water partition coefficient (Wildman–Crippen LogP) is 5.04. The number of amides is 2. The van der Waals surface area contributed by atoms with E-state index in [0.29, 0.717) is 26.4 Å². The van der Waals surface area contributed by atoms with Crippen LogP contribution in [0.3, 0.4) is 0 Å². The minimum atomic E-state index is -0.733. The highest BCUT2D eigenvalue weighted by molar-refractivity contribution is 6.44. The van der Waals surface area contributed by atoms with Crippen LogP contribution in [-0.2, 0) is 9.59 Å². The zero-order valence-electron chi connectivity index (χ0n) is 12.0. The number of carbonyl (C=O) groups excluding carboxylic acids is 2. The van der Waals surface area contributed by atoms with Gasteiger partial charge in [0.15, 0.2) is 0 Å². The highest BCUT2D eigenvalue weighted by atomic mass is 35.5. The van der Waals surface area contributed by atoms with Gasteiger partial charge in [-0.05, 0) is 30.3 Å². The second kappa shape index (κ2) is 6.81. The zero-order chi connectivity index (χ0) is 17.4. The summed E-state index contributed by atoms with van der Waals surface area (Å²) in [4.78, 5) is 25.9. The van der Waals surface area contributed by atoms with Crippen molar-refractivity contribution in [1.82, 2.24) is 0 Å². The smallest absolute Gasteiger partial charge is 0.256 e. The fraction of sp³-hybridized carbons (Fsp3) is 0.125. The average molecular weight is 404 g/mol. The Kier molecular flexibility index (Phi) is 4.92. The molecule has 0 radical (unpaired) electrons. The third-order valence-corrected chi connectivity index (χ3v) is 5.15. The van der Waals surface area contributed by atoms with Crippen LogP contribution >= 0.6 is 46.4 Å². The van der Waals surface area contributed by atoms with E-state index >= 15 is 0 Å². The Balaban J connectivity index is 1.86. The van der Waals surface area contributed by atoms with Gasteiger partial charge in [-0.15, -0.1) is 0 Å². The molecular weight excluding hydrogens is 394 g/mol. The Bertz CT molecular complexity index is 841. The van der Waals surface area contributed by atoms with Gasteiger partial charge >= 0.3 is 0 Å². The van der Waals surface area contributed by atoms with Gasteiger partial charge in [0.1, 0.15) is 6.04 Å². The number of anilines is 2. The van der Waals surface area contributed by atoms with Crippen LogP contribution in [-0.4, -0.2) is 17.9 Å². The Hall–Kier alpha value is -1.46. The minimum Gasteiger partial charge on any atom is -0.372 e. The molecule has 1 heterocycles. The first-order valence-corrected chi connectivity index (χ1v) is 8.42. The van der Waals surface area contributed by atoms with Gasteiger partial charge in [0, 0.05) is 0 Å². The summed E-state index contributed by atoms with van der Waals surface area (Å²) in [6.45, 7) is 0. The van der Waals surface area contributed by atoms with Crippen LogP contribution in [0.5, 0.6) is 0 Å². The lowest BCUT2D eigenvalue weighted by molar-refractivity contribution is -0.121. The molecule has 0 bridgehead atoms. The molecule has 0 spiro atoms. The summed E-state index contributed by atoms with van der Waals surface area (Å²) >= 11 is 23.9. The number of benzene rings is 2. The quantitative estimate of drug-likeness (QED) is 0.730. The van der Waals surface area contributed by atoms with Crippen molar-refractivity contribution in [3.8, 4) is 0 Å². The van der Waals surface area contributed by atoms with Crippen molar-refractivity contribution < 1.29 is 9.59 Å². The van der Waals surface area contributed by atoms with Gasteiger partial charge in [-0.2, -0.15) is 0 Å². The average Bonchev–Trinajstić information content (AvgIpc) is 2.81. The van der Waals surface area contributed by atoms with Crippen molar-refractivity contribution in [1.29, 1.82) is 0 Å². The molecule has 2 aromatic carbocycles. The number of carbonyl (C=O) groups is 2. The van der Waals surface area contributed by atoms with E-state index in [9.17, 15) is 9.59 Å². The fourth-order valence-corrected chi connectivity index (χ4v) is 3.09. The Morgan fingerprint density at radius 3 is 2.42 bits per heavy atom. The summed E-state index contributed by atoms with van der Waals surface area (Å²) in [7, 11) is 0. The number of hydrogen-bond acceptors (Lipinski definition) is 3. The van der Waals surface area contributed by atoms with Gasteiger partial charge in [0.25, 0.3) is 5.91 Å². The van der Waals surface area contributed by atoms with Crippen molar-refractivity contribution in [3.63, 3.8) is 0 Å². The van der Waals surface area contributed by atoms with Crippen molar-refractivity contribution in [2.75, 3.05) is 10.2 Å². The number of hydrogen-bond donors (Lipinski definition) is 1. The minimum absolute atomic E-state index is 0.00191. The lowest BCUT2D eigenvalue weighted by Crippen LogP contribution is -2.34. The highest BCUT2D eigenvalue weighted by Crippen LogP contribution is 2.33. The van der Waals surface area contributed by atoms with Crippen LogP contribution < -0.4 is 10.2 Å². The van der Waals surface area contributed by atoms with Crippen molar-refractivity contribution in [2.45, 2.75) is 12.5 Å². The molecule has 1 fully saturated rings. The summed E-state index contributed by atoms with van der Waals surface area (Å²) in [5.74, 6) is -0.733. The fourth-order valence-electron chi connectivity index (χ4n) is 2.44. The molecule has 124 valence electrons. The van der Waals surface area contributed by atoms with Crippen LogP contribution in [0.1, 0.15) is 6.42 Å². The summed E-state index contributed by atoms with van der Waals surface area (Å²) in [5, 5.41) is 4.24. The normalized spacial score (nSPS) is 17.5. The Morgan fingerprint density at radius 1 is 0.958 bits per heavy atom. The first-order chi connectivity index (χ1) is 11.4. The third-order valence-electron chi connectivity index (χ3n) is 3.59. The number of rotatable bonds is 3. The second-order valence-corrected chi connectivity index (χ2v) is 6.77. The Morgan fingerprint density at radius 2 is 1.71 bits per heavy atom. The summed E-state index contributed by atoms with van der Waals surface area (Å²) in [6.07, 6.45) is 0.00191. The first-order valence-electron chi connectivity index (χ1n) is 6.91. The lowest BCUT2D eigenvalue weighted by Gasteiger charge is -2.17. The second-order valence-electron chi connectivity index (χ2n) is 5.17. The van der Waals surface area contributed by atoms with E-state index in [-0.39, 0.29) is 17.4 Å². The number of imide groups is 1. The molecule has 0 aromatic heterocycles. The maximum atomic E-state index is 12.6. The zero-order valence-corrected chi connectivity index (χ0v) is 15.0. The number of halogens is 4. The molecule has 1 unspecified atom stereocenters. The molecule has 2 amide bonds. The molecule has 1 saturated heterocycles. The molecule has 8 heteroatoms. The van der Waals surface area contributed by atoms with E-state index in [1.807, 2.05) is 0 Å². The standard InChI is InChI=1S/C16H10Cl4N2O2/c17-9-5-4-8(6-11(9)19)22-14(23)7-13(16(22)24)21-12-3-1-2-10(18)15(12)20/h1-6,13,21H,7H2. The van der Waals surface area contributed by atoms with Gasteiger partial charge in [0.2, 0.25) is 5.91 Å². The van der Waals surface area contributed by atoms with Crippen LogP contribution in [0.2, 0.25) is 20.1 Å². The largest absolute Gasteiger partial charge is 0.372 e. The van der Waals surface area contributed by atoms with Gasteiger partial charge in [-0.3, -0.25) is 9.59 Å². The van der Waals surface area contributed by atoms with Gasteiger partial charge in [-0.1, -0.05) is 52.5 Å². The molecule has 0 saturated carbocycles. The van der Waals surface area contributed by atoms with E-state index in [2.05, 4.69) is 5.32 Å². The molecule has 2 aromatic rings. The summed E-state index contributed by atoms with van der Waals surface area (Å²) in [5.41, 5.74) is 0.868. The van der Waals surface area contributed by atoms with Gasteiger partial charge < -0.3 is 5.32 Å². The first kappa shape index (κ1) is 17.4. The molecule has 24 heavy (non-hydrogen) atoms. The van der Waals surface area contributed by atoms with Crippen LogP contribution in [0, 0.1) is 0 Å².